The summed E-state index contributed by atoms with van der Waals surface area (Å²) in [5.41, 5.74) is -1.34. The van der Waals surface area contributed by atoms with Gasteiger partial charge in [0.25, 0.3) is 0 Å². The van der Waals surface area contributed by atoms with Gasteiger partial charge in [-0.3, -0.25) is 10.1 Å². The minimum atomic E-state index is -0.832. The number of unbranched alkanes of at least 4 members (excludes halogenated alkanes) is 1. The van der Waals surface area contributed by atoms with Gasteiger partial charge in [0, 0.05) is 18.0 Å². The predicted octanol–water partition coefficient (Wildman–Crippen LogP) is 2.88. The Balaban J connectivity index is 2.16. The molecule has 0 heterocycles. The van der Waals surface area contributed by atoms with Gasteiger partial charge in [0.2, 0.25) is 5.91 Å². The van der Waals surface area contributed by atoms with Crippen LogP contribution in [-0.4, -0.2) is 40.0 Å². The third-order valence-electron chi connectivity index (χ3n) is 5.92. The lowest BCUT2D eigenvalue weighted by atomic mass is 9.85. The molecule has 6 heteroatoms. The van der Waals surface area contributed by atoms with E-state index < -0.39 is 10.4 Å². The molecule has 2 saturated carbocycles. The second kappa shape index (κ2) is 7.36. The Morgan fingerprint density at radius 2 is 1.84 bits per heavy atom. The molecule has 0 aliphatic heterocycles. The zero-order valence-corrected chi connectivity index (χ0v) is 16.4. The van der Waals surface area contributed by atoms with Crippen LogP contribution >= 0.6 is 11.6 Å². The third-order valence-corrected chi connectivity index (χ3v) is 6.33. The molecule has 0 aromatic rings. The van der Waals surface area contributed by atoms with Crippen molar-refractivity contribution in [1.82, 2.24) is 10.6 Å². The van der Waals surface area contributed by atoms with Crippen LogP contribution in [0.4, 0.5) is 0 Å². The van der Waals surface area contributed by atoms with Crippen LogP contribution in [0.15, 0.2) is 0 Å². The summed E-state index contributed by atoms with van der Waals surface area (Å²) in [7, 11) is 0. The quantitative estimate of drug-likeness (QED) is 0.509. The van der Waals surface area contributed by atoms with Gasteiger partial charge < -0.3 is 14.9 Å². The van der Waals surface area contributed by atoms with Crippen molar-refractivity contribution in [1.29, 1.82) is 0 Å². The average Bonchev–Trinajstić information content (AvgIpc) is 3.04. The van der Waals surface area contributed by atoms with Crippen molar-refractivity contribution < 1.29 is 14.4 Å². The van der Waals surface area contributed by atoms with E-state index in [1.165, 1.54) is 6.92 Å². The van der Waals surface area contributed by atoms with Gasteiger partial charge in [-0.2, -0.15) is 0 Å². The summed E-state index contributed by atoms with van der Waals surface area (Å²) in [5, 5.41) is 6.67. The van der Waals surface area contributed by atoms with E-state index in [1.54, 1.807) is 0 Å². The van der Waals surface area contributed by atoms with Gasteiger partial charge in [-0.25, -0.2) is 0 Å². The maximum absolute atomic E-state index is 12.1. The number of carbonyl (C=O) groups is 3. The van der Waals surface area contributed by atoms with E-state index in [1.807, 2.05) is 6.92 Å². The standard InChI is InChI=1S/C19H31ClN2O3/c1-4-5-6-18(21-15(2)25)9-10-19(12-18,14-24)22-16(3)7-8-17(20,11-16)13-23/h13-14,22H,4-12H2,1-3H3,(H,21,25)/t16-,17?,18-,19?/m0/s1. The maximum atomic E-state index is 12.1. The lowest BCUT2D eigenvalue weighted by Crippen LogP contribution is -2.58. The molecule has 1 amide bonds. The zero-order valence-electron chi connectivity index (χ0n) is 15.6. The second-order valence-electron chi connectivity index (χ2n) is 8.53. The van der Waals surface area contributed by atoms with Crippen molar-refractivity contribution in [3.05, 3.63) is 0 Å². The van der Waals surface area contributed by atoms with Crippen LogP contribution in [-0.2, 0) is 14.4 Å². The van der Waals surface area contributed by atoms with Crippen LogP contribution in [0.3, 0.4) is 0 Å². The molecule has 2 unspecified atom stereocenters. The zero-order chi connectivity index (χ0) is 18.8. The number of hydrogen-bond donors (Lipinski definition) is 2. The lowest BCUT2D eigenvalue weighted by Gasteiger charge is -2.38. The van der Waals surface area contributed by atoms with E-state index in [4.69, 9.17) is 11.6 Å². The molecule has 2 N–H and O–H groups in total. The van der Waals surface area contributed by atoms with Crippen molar-refractivity contribution in [3.63, 3.8) is 0 Å². The van der Waals surface area contributed by atoms with E-state index in [0.29, 0.717) is 25.7 Å². The second-order valence-corrected chi connectivity index (χ2v) is 9.28. The van der Waals surface area contributed by atoms with Crippen LogP contribution in [0.1, 0.15) is 78.6 Å². The van der Waals surface area contributed by atoms with Crippen molar-refractivity contribution in [2.45, 2.75) is 100 Å². The van der Waals surface area contributed by atoms with E-state index in [2.05, 4.69) is 17.6 Å². The van der Waals surface area contributed by atoms with Gasteiger partial charge in [-0.1, -0.05) is 19.8 Å². The van der Waals surface area contributed by atoms with Crippen molar-refractivity contribution in [3.8, 4) is 0 Å². The smallest absolute Gasteiger partial charge is 0.217 e. The highest BCUT2D eigenvalue weighted by Gasteiger charge is 2.53. The molecule has 0 aromatic heterocycles. The number of rotatable bonds is 8. The molecule has 4 atom stereocenters. The van der Waals surface area contributed by atoms with Crippen molar-refractivity contribution >= 4 is 30.1 Å². The van der Waals surface area contributed by atoms with Gasteiger partial charge in [-0.15, -0.1) is 11.6 Å². The van der Waals surface area contributed by atoms with Gasteiger partial charge in [0.1, 0.15) is 17.4 Å². The molecule has 2 aliphatic carbocycles. The van der Waals surface area contributed by atoms with Crippen LogP contribution in [0.2, 0.25) is 0 Å². The fourth-order valence-electron chi connectivity index (χ4n) is 4.87. The number of aldehydes is 2. The lowest BCUT2D eigenvalue weighted by molar-refractivity contribution is -0.121. The molecule has 2 fully saturated rings. The fraction of sp³-hybridized carbons (Fsp3) is 0.842. The third kappa shape index (κ3) is 4.62. The van der Waals surface area contributed by atoms with Crippen LogP contribution in [0.5, 0.6) is 0 Å². The monoisotopic (exact) mass is 370 g/mol. The highest BCUT2D eigenvalue weighted by Crippen LogP contribution is 2.46. The highest BCUT2D eigenvalue weighted by molar-refractivity contribution is 6.31. The summed E-state index contributed by atoms with van der Waals surface area (Å²) >= 11 is 6.35. The SMILES string of the molecule is CCCC[C@]1(NC(C)=O)CCC(C=O)(N[C@@]2(C)CCC(Cl)(C=O)C2)C1. The van der Waals surface area contributed by atoms with Gasteiger partial charge in [0.05, 0.1) is 5.54 Å². The van der Waals surface area contributed by atoms with Gasteiger partial charge in [-0.05, 0) is 51.9 Å². The van der Waals surface area contributed by atoms with Crippen LogP contribution in [0.25, 0.3) is 0 Å². The van der Waals surface area contributed by atoms with Crippen LogP contribution in [0, 0.1) is 0 Å². The molecule has 0 bridgehead atoms. The predicted molar refractivity (Wildman–Crippen MR) is 98.8 cm³/mol. The van der Waals surface area contributed by atoms with E-state index in [0.717, 1.165) is 44.7 Å². The number of alkyl halides is 1. The Hall–Kier alpha value is -0.940. The van der Waals surface area contributed by atoms with Gasteiger partial charge >= 0.3 is 0 Å². The topological polar surface area (TPSA) is 75.3 Å². The molecule has 2 rings (SSSR count). The fourth-order valence-corrected chi connectivity index (χ4v) is 5.26. The molecular formula is C19H31ClN2O3. The number of carbonyl (C=O) groups excluding carboxylic acids is 3. The Morgan fingerprint density at radius 3 is 2.36 bits per heavy atom. The summed E-state index contributed by atoms with van der Waals surface area (Å²) in [4.78, 5) is 34.2. The number of halogens is 1. The summed E-state index contributed by atoms with van der Waals surface area (Å²) in [6.45, 7) is 5.70. The van der Waals surface area contributed by atoms with E-state index in [9.17, 15) is 14.4 Å². The first kappa shape index (κ1) is 20.4. The van der Waals surface area contributed by atoms with Crippen molar-refractivity contribution in [2.75, 3.05) is 0 Å². The summed E-state index contributed by atoms with van der Waals surface area (Å²) in [6.07, 6.45) is 8.73. The van der Waals surface area contributed by atoms with Crippen molar-refractivity contribution in [2.24, 2.45) is 0 Å². The summed E-state index contributed by atoms with van der Waals surface area (Å²) in [5.74, 6) is -0.0504. The van der Waals surface area contributed by atoms with Gasteiger partial charge in [0.15, 0.2) is 0 Å². The molecule has 0 radical (unpaired) electrons. The first-order chi connectivity index (χ1) is 11.6. The van der Waals surface area contributed by atoms with Crippen LogP contribution < -0.4 is 10.6 Å². The maximum Gasteiger partial charge on any atom is 0.217 e. The van der Waals surface area contributed by atoms with E-state index >= 15 is 0 Å². The Kier molecular flexibility index (Phi) is 5.99. The number of nitrogens with one attached hydrogen (secondary N) is 2. The molecule has 5 nitrogen and oxygen atoms in total. The molecule has 142 valence electrons. The minimum absolute atomic E-state index is 0.0504. The normalized spacial score (nSPS) is 40.8. The molecule has 2 aliphatic rings. The molecule has 0 saturated heterocycles. The molecular weight excluding hydrogens is 340 g/mol. The average molecular weight is 371 g/mol. The Labute approximate surface area is 155 Å². The van der Waals surface area contributed by atoms with E-state index in [-0.39, 0.29) is 17.0 Å². The highest BCUT2D eigenvalue weighted by atomic mass is 35.5. The summed E-state index contributed by atoms with van der Waals surface area (Å²) < 4.78 is 0. The first-order valence-electron chi connectivity index (χ1n) is 9.33. The minimum Gasteiger partial charge on any atom is -0.351 e. The largest absolute Gasteiger partial charge is 0.351 e. The Morgan fingerprint density at radius 1 is 1.12 bits per heavy atom. The molecule has 0 aromatic carbocycles. The number of hydrogen-bond acceptors (Lipinski definition) is 4. The molecule has 25 heavy (non-hydrogen) atoms. The number of amides is 1. The molecule has 0 spiro atoms. The first-order valence-corrected chi connectivity index (χ1v) is 9.71. The Bertz CT molecular complexity index is 543. The summed E-state index contributed by atoms with van der Waals surface area (Å²) in [6, 6.07) is 0.